The van der Waals surface area contributed by atoms with Crippen molar-refractivity contribution >= 4 is 12.0 Å². The largest absolute Gasteiger partial charge is 0.444 e. The Morgan fingerprint density at radius 3 is 2.29 bits per heavy atom. The summed E-state index contributed by atoms with van der Waals surface area (Å²) >= 11 is 0. The van der Waals surface area contributed by atoms with Crippen molar-refractivity contribution in [1.82, 2.24) is 15.1 Å². The van der Waals surface area contributed by atoms with Gasteiger partial charge in [0, 0.05) is 31.7 Å². The first-order valence-corrected chi connectivity index (χ1v) is 8.60. The number of nitrogens with zero attached hydrogens (tertiary/aromatic N) is 2. The van der Waals surface area contributed by atoms with E-state index in [4.69, 9.17) is 9.47 Å². The number of piperazine rings is 1. The topological polar surface area (TPSA) is 74.4 Å². The van der Waals surface area contributed by atoms with Gasteiger partial charge in [-0.1, -0.05) is 0 Å². The molecule has 0 aromatic carbocycles. The third-order valence-electron chi connectivity index (χ3n) is 3.78. The predicted molar refractivity (Wildman–Crippen MR) is 90.8 cm³/mol. The Bertz CT molecular complexity index is 477. The standard InChI is InChI=1S/C17H31N3O4/c1-16(2,3)18-14(21)13-10-20(15(22)24-17(4,5)6)8-7-19(13)9-12-11-23-12/h12-13H,7-11H2,1-6H3,(H,18,21)/t12-,13-/m0/s1. The summed E-state index contributed by atoms with van der Waals surface area (Å²) in [6, 6.07) is -0.380. The highest BCUT2D eigenvalue weighted by molar-refractivity contribution is 5.83. The molecule has 0 aliphatic carbocycles. The molecule has 2 saturated heterocycles. The molecule has 0 radical (unpaired) electrons. The molecule has 2 rings (SSSR count). The summed E-state index contributed by atoms with van der Waals surface area (Å²) in [5.74, 6) is -0.0589. The molecule has 0 spiro atoms. The van der Waals surface area contributed by atoms with Crippen LogP contribution < -0.4 is 5.32 Å². The Kier molecular flexibility index (Phi) is 5.44. The average molecular weight is 341 g/mol. The van der Waals surface area contributed by atoms with Crippen LogP contribution in [0.25, 0.3) is 0 Å². The zero-order valence-corrected chi connectivity index (χ0v) is 15.7. The number of epoxide rings is 1. The van der Waals surface area contributed by atoms with Crippen molar-refractivity contribution in [2.45, 2.75) is 64.8 Å². The summed E-state index contributed by atoms with van der Waals surface area (Å²) in [6.45, 7) is 14.4. The summed E-state index contributed by atoms with van der Waals surface area (Å²) in [5, 5.41) is 3.02. The molecule has 0 aromatic rings. The lowest BCUT2D eigenvalue weighted by Gasteiger charge is -2.41. The monoisotopic (exact) mass is 341 g/mol. The van der Waals surface area contributed by atoms with E-state index in [1.165, 1.54) is 0 Å². The van der Waals surface area contributed by atoms with Crippen LogP contribution in [0.15, 0.2) is 0 Å². The molecule has 0 unspecified atom stereocenters. The molecule has 2 amide bonds. The summed E-state index contributed by atoms with van der Waals surface area (Å²) in [4.78, 5) is 28.8. The molecule has 2 aliphatic heterocycles. The van der Waals surface area contributed by atoms with Crippen molar-refractivity contribution in [2.24, 2.45) is 0 Å². The first-order chi connectivity index (χ1) is 10.9. The van der Waals surface area contributed by atoms with Crippen LogP contribution in [0.2, 0.25) is 0 Å². The number of hydrogen-bond donors (Lipinski definition) is 1. The van der Waals surface area contributed by atoms with Gasteiger partial charge in [0.15, 0.2) is 0 Å². The number of hydrogen-bond acceptors (Lipinski definition) is 5. The van der Waals surface area contributed by atoms with E-state index in [-0.39, 0.29) is 29.7 Å². The lowest BCUT2D eigenvalue weighted by atomic mass is 10.1. The van der Waals surface area contributed by atoms with Gasteiger partial charge in [-0.15, -0.1) is 0 Å². The highest BCUT2D eigenvalue weighted by Gasteiger charge is 2.39. The molecule has 0 saturated carbocycles. The highest BCUT2D eigenvalue weighted by Crippen LogP contribution is 2.19. The van der Waals surface area contributed by atoms with E-state index in [2.05, 4.69) is 10.2 Å². The summed E-state index contributed by atoms with van der Waals surface area (Å²) in [5.41, 5.74) is -0.855. The van der Waals surface area contributed by atoms with Crippen LogP contribution in [-0.4, -0.2) is 77.9 Å². The summed E-state index contributed by atoms with van der Waals surface area (Å²) in [7, 11) is 0. The van der Waals surface area contributed by atoms with Crippen LogP contribution in [0.4, 0.5) is 4.79 Å². The van der Waals surface area contributed by atoms with Crippen molar-refractivity contribution < 1.29 is 19.1 Å². The van der Waals surface area contributed by atoms with E-state index in [1.54, 1.807) is 4.90 Å². The fraction of sp³-hybridized carbons (Fsp3) is 0.882. The Hall–Kier alpha value is -1.34. The Morgan fingerprint density at radius 1 is 1.17 bits per heavy atom. The third-order valence-corrected chi connectivity index (χ3v) is 3.78. The second-order valence-electron chi connectivity index (χ2n) is 8.63. The molecule has 7 heteroatoms. The third kappa shape index (κ3) is 5.94. The maximum atomic E-state index is 12.7. The minimum Gasteiger partial charge on any atom is -0.444 e. The molecule has 2 atom stereocenters. The van der Waals surface area contributed by atoms with Crippen molar-refractivity contribution in [3.05, 3.63) is 0 Å². The molecule has 2 aliphatic rings. The van der Waals surface area contributed by atoms with Gasteiger partial charge in [0.2, 0.25) is 5.91 Å². The lowest BCUT2D eigenvalue weighted by Crippen LogP contribution is -2.62. The van der Waals surface area contributed by atoms with Crippen LogP contribution in [0.1, 0.15) is 41.5 Å². The first-order valence-electron chi connectivity index (χ1n) is 8.60. The zero-order valence-electron chi connectivity index (χ0n) is 15.7. The van der Waals surface area contributed by atoms with Gasteiger partial charge in [0.05, 0.1) is 12.7 Å². The second kappa shape index (κ2) is 6.88. The minimum absolute atomic E-state index is 0.0589. The molecule has 7 nitrogen and oxygen atoms in total. The lowest BCUT2D eigenvalue weighted by molar-refractivity contribution is -0.130. The number of rotatable bonds is 3. The van der Waals surface area contributed by atoms with Gasteiger partial charge in [-0.3, -0.25) is 9.69 Å². The summed E-state index contributed by atoms with van der Waals surface area (Å²) < 4.78 is 10.7. The second-order valence-corrected chi connectivity index (χ2v) is 8.63. The normalized spacial score (nSPS) is 25.3. The fourth-order valence-electron chi connectivity index (χ4n) is 2.67. The van der Waals surface area contributed by atoms with Gasteiger partial charge in [-0.2, -0.15) is 0 Å². The van der Waals surface area contributed by atoms with Crippen LogP contribution in [-0.2, 0) is 14.3 Å². The number of amides is 2. The van der Waals surface area contributed by atoms with Gasteiger partial charge >= 0.3 is 6.09 Å². The molecule has 0 bridgehead atoms. The first kappa shape index (κ1) is 19.0. The predicted octanol–water partition coefficient (Wildman–Crippen LogP) is 1.22. The molecular formula is C17H31N3O4. The van der Waals surface area contributed by atoms with Crippen molar-refractivity contribution in [3.8, 4) is 0 Å². The molecule has 0 aromatic heterocycles. The summed E-state index contributed by atoms with van der Waals surface area (Å²) in [6.07, 6.45) is -0.151. The maximum Gasteiger partial charge on any atom is 0.410 e. The van der Waals surface area contributed by atoms with Crippen molar-refractivity contribution in [1.29, 1.82) is 0 Å². The highest BCUT2D eigenvalue weighted by atomic mass is 16.6. The van der Waals surface area contributed by atoms with Crippen LogP contribution in [0, 0.1) is 0 Å². The smallest absolute Gasteiger partial charge is 0.410 e. The molecule has 2 fully saturated rings. The number of nitrogens with one attached hydrogen (secondary N) is 1. The van der Waals surface area contributed by atoms with E-state index in [0.29, 0.717) is 19.6 Å². The zero-order chi connectivity index (χ0) is 18.1. The van der Waals surface area contributed by atoms with E-state index < -0.39 is 5.60 Å². The average Bonchev–Trinajstić information content (AvgIpc) is 3.18. The van der Waals surface area contributed by atoms with Gasteiger partial charge in [0.25, 0.3) is 0 Å². The van der Waals surface area contributed by atoms with Crippen LogP contribution in [0.3, 0.4) is 0 Å². The SMILES string of the molecule is CC(C)(C)NC(=O)[C@@H]1CN(C(=O)OC(C)(C)C)CCN1C[C@H]1CO1. The molecule has 1 N–H and O–H groups in total. The molecule has 138 valence electrons. The Morgan fingerprint density at radius 2 is 1.79 bits per heavy atom. The minimum atomic E-state index is -0.542. The van der Waals surface area contributed by atoms with Crippen LogP contribution >= 0.6 is 0 Å². The number of carbonyl (C=O) groups excluding carboxylic acids is 2. The quantitative estimate of drug-likeness (QED) is 0.781. The van der Waals surface area contributed by atoms with Crippen LogP contribution in [0.5, 0.6) is 0 Å². The molecule has 2 heterocycles. The molecular weight excluding hydrogens is 310 g/mol. The Labute approximate surface area is 144 Å². The Balaban J connectivity index is 2.04. The number of carbonyl (C=O) groups is 2. The number of ether oxygens (including phenoxy) is 2. The maximum absolute atomic E-state index is 12.7. The van der Waals surface area contributed by atoms with E-state index in [9.17, 15) is 9.59 Å². The van der Waals surface area contributed by atoms with Gasteiger partial charge in [-0.25, -0.2) is 4.79 Å². The van der Waals surface area contributed by atoms with Crippen molar-refractivity contribution in [2.75, 3.05) is 32.8 Å². The van der Waals surface area contributed by atoms with E-state index >= 15 is 0 Å². The van der Waals surface area contributed by atoms with E-state index in [1.807, 2.05) is 41.5 Å². The van der Waals surface area contributed by atoms with Gasteiger partial charge in [-0.05, 0) is 41.5 Å². The van der Waals surface area contributed by atoms with Crippen molar-refractivity contribution in [3.63, 3.8) is 0 Å². The van der Waals surface area contributed by atoms with Gasteiger partial charge in [0.1, 0.15) is 11.6 Å². The van der Waals surface area contributed by atoms with E-state index in [0.717, 1.165) is 13.2 Å². The van der Waals surface area contributed by atoms with Gasteiger partial charge < -0.3 is 19.7 Å². The fourth-order valence-corrected chi connectivity index (χ4v) is 2.67. The molecule has 24 heavy (non-hydrogen) atoms.